The van der Waals surface area contributed by atoms with Crippen molar-refractivity contribution in [2.75, 3.05) is 16.8 Å². The third-order valence-corrected chi connectivity index (χ3v) is 4.82. The first-order valence-electron chi connectivity index (χ1n) is 8.43. The van der Waals surface area contributed by atoms with E-state index in [0.717, 1.165) is 25.2 Å². The zero-order valence-corrected chi connectivity index (χ0v) is 15.5. The van der Waals surface area contributed by atoms with Crippen LogP contribution in [0.15, 0.2) is 30.6 Å². The predicted molar refractivity (Wildman–Crippen MR) is 102 cm³/mol. The molecule has 0 aliphatic carbocycles. The molecule has 132 valence electrons. The number of nitrogens with one attached hydrogen (secondary N) is 1. The van der Waals surface area contributed by atoms with Crippen LogP contribution in [0.1, 0.15) is 43.1 Å². The lowest BCUT2D eigenvalue weighted by Crippen LogP contribution is -2.39. The largest absolute Gasteiger partial charge is 0.352 e. The molecule has 1 N–H and O–H groups in total. The van der Waals surface area contributed by atoms with Gasteiger partial charge in [0.25, 0.3) is 5.91 Å². The first kappa shape index (κ1) is 18.0. The van der Waals surface area contributed by atoms with Crippen LogP contribution in [0.4, 0.5) is 11.5 Å². The summed E-state index contributed by atoms with van der Waals surface area (Å²) in [6, 6.07) is 5.37. The third kappa shape index (κ3) is 4.41. The van der Waals surface area contributed by atoms with Crippen molar-refractivity contribution >= 4 is 40.6 Å². The highest BCUT2D eigenvalue weighted by atomic mass is 35.5. The molecule has 1 atom stereocenters. The second kappa shape index (κ2) is 8.02. The van der Waals surface area contributed by atoms with Gasteiger partial charge in [-0.05, 0) is 43.9 Å². The van der Waals surface area contributed by atoms with Crippen molar-refractivity contribution < 1.29 is 4.79 Å². The van der Waals surface area contributed by atoms with Crippen LogP contribution in [0, 0.1) is 0 Å². The molecule has 0 radical (unpaired) electrons. The second-order valence-electron chi connectivity index (χ2n) is 6.12. The Morgan fingerprint density at radius 1 is 1.20 bits per heavy atom. The number of carbonyl (C=O) groups excluding carboxylic acids is 1. The summed E-state index contributed by atoms with van der Waals surface area (Å²) in [7, 11) is 0. The van der Waals surface area contributed by atoms with Gasteiger partial charge in [-0.1, -0.05) is 30.1 Å². The van der Waals surface area contributed by atoms with E-state index in [9.17, 15) is 4.79 Å². The quantitative estimate of drug-likeness (QED) is 0.829. The fraction of sp³-hybridized carbons (Fsp3) is 0.389. The molecule has 2 aromatic rings. The van der Waals surface area contributed by atoms with E-state index >= 15 is 0 Å². The molecule has 1 aromatic heterocycles. The van der Waals surface area contributed by atoms with Gasteiger partial charge in [-0.15, -0.1) is 0 Å². The standard InChI is InChI=1S/C18H20Cl2N4O/c1-2-15-5-3-4-6-24(15)17-11-21-16(10-22-17)18(25)23-14-8-12(19)7-13(20)9-14/h7-11,15H,2-6H2,1H3,(H,23,25). The highest BCUT2D eigenvalue weighted by Gasteiger charge is 2.22. The number of benzene rings is 1. The van der Waals surface area contributed by atoms with Gasteiger partial charge in [0.05, 0.1) is 12.4 Å². The van der Waals surface area contributed by atoms with Crippen LogP contribution in [0.25, 0.3) is 0 Å². The molecule has 0 saturated carbocycles. The van der Waals surface area contributed by atoms with Crippen LogP contribution < -0.4 is 10.2 Å². The lowest BCUT2D eigenvalue weighted by atomic mass is 10.0. The average Bonchev–Trinajstić information content (AvgIpc) is 2.61. The number of anilines is 2. The van der Waals surface area contributed by atoms with E-state index in [4.69, 9.17) is 23.2 Å². The fourth-order valence-electron chi connectivity index (χ4n) is 3.13. The smallest absolute Gasteiger partial charge is 0.275 e. The molecule has 25 heavy (non-hydrogen) atoms. The number of hydrogen-bond donors (Lipinski definition) is 1. The third-order valence-electron chi connectivity index (χ3n) is 4.38. The molecular weight excluding hydrogens is 359 g/mol. The van der Waals surface area contributed by atoms with Gasteiger partial charge < -0.3 is 10.2 Å². The molecule has 1 unspecified atom stereocenters. The fourth-order valence-corrected chi connectivity index (χ4v) is 3.66. The summed E-state index contributed by atoms with van der Waals surface area (Å²) in [6.45, 7) is 3.17. The normalized spacial score (nSPS) is 17.4. The van der Waals surface area contributed by atoms with E-state index in [0.29, 0.717) is 21.8 Å². The summed E-state index contributed by atoms with van der Waals surface area (Å²) < 4.78 is 0. The van der Waals surface area contributed by atoms with Crippen LogP contribution in [-0.2, 0) is 0 Å². The summed E-state index contributed by atoms with van der Waals surface area (Å²) in [4.78, 5) is 23.3. The molecule has 3 rings (SSSR count). The van der Waals surface area contributed by atoms with E-state index < -0.39 is 0 Å². The Morgan fingerprint density at radius 3 is 2.60 bits per heavy atom. The number of piperidine rings is 1. The van der Waals surface area contributed by atoms with Crippen molar-refractivity contribution in [3.05, 3.63) is 46.3 Å². The number of nitrogens with zero attached hydrogens (tertiary/aromatic N) is 3. The first-order chi connectivity index (χ1) is 12.1. The minimum Gasteiger partial charge on any atom is -0.352 e. The van der Waals surface area contributed by atoms with E-state index in [-0.39, 0.29) is 11.6 Å². The summed E-state index contributed by atoms with van der Waals surface area (Å²) in [5, 5.41) is 3.65. The zero-order chi connectivity index (χ0) is 17.8. The van der Waals surface area contributed by atoms with Gasteiger partial charge in [-0.3, -0.25) is 4.79 Å². The van der Waals surface area contributed by atoms with Gasteiger partial charge in [-0.25, -0.2) is 9.97 Å². The summed E-state index contributed by atoms with van der Waals surface area (Å²) in [6.07, 6.45) is 7.86. The Morgan fingerprint density at radius 2 is 1.96 bits per heavy atom. The first-order valence-corrected chi connectivity index (χ1v) is 9.18. The van der Waals surface area contributed by atoms with Gasteiger partial charge in [0, 0.05) is 28.3 Å². The Labute approximate surface area is 157 Å². The molecular formula is C18H20Cl2N4O. The van der Waals surface area contributed by atoms with Crippen molar-refractivity contribution in [3.63, 3.8) is 0 Å². The van der Waals surface area contributed by atoms with Crippen molar-refractivity contribution in [2.45, 2.75) is 38.6 Å². The molecule has 2 heterocycles. The van der Waals surface area contributed by atoms with E-state index in [1.54, 1.807) is 24.4 Å². The molecule has 1 aliphatic rings. The Bertz CT molecular complexity index is 731. The van der Waals surface area contributed by atoms with Crippen LogP contribution in [0.5, 0.6) is 0 Å². The Kier molecular flexibility index (Phi) is 5.76. The predicted octanol–water partition coefficient (Wildman–Crippen LogP) is 4.80. The van der Waals surface area contributed by atoms with Crippen LogP contribution >= 0.6 is 23.2 Å². The maximum atomic E-state index is 12.3. The molecule has 1 aliphatic heterocycles. The van der Waals surface area contributed by atoms with Crippen LogP contribution in [0.2, 0.25) is 10.0 Å². The SMILES string of the molecule is CCC1CCCCN1c1cnc(C(=O)Nc2cc(Cl)cc(Cl)c2)cn1. The number of carbonyl (C=O) groups is 1. The number of rotatable bonds is 4. The van der Waals surface area contributed by atoms with Crippen molar-refractivity contribution in [1.82, 2.24) is 9.97 Å². The van der Waals surface area contributed by atoms with Crippen LogP contribution in [0.3, 0.4) is 0 Å². The number of halogens is 2. The molecule has 5 nitrogen and oxygen atoms in total. The van der Waals surface area contributed by atoms with Gasteiger partial charge in [0.15, 0.2) is 0 Å². The highest BCUT2D eigenvalue weighted by Crippen LogP contribution is 2.25. The van der Waals surface area contributed by atoms with Crippen molar-refractivity contribution in [3.8, 4) is 0 Å². The molecule has 0 bridgehead atoms. The van der Waals surface area contributed by atoms with Crippen molar-refractivity contribution in [1.29, 1.82) is 0 Å². The minimum atomic E-state index is -0.344. The topological polar surface area (TPSA) is 58.1 Å². The lowest BCUT2D eigenvalue weighted by molar-refractivity contribution is 0.102. The molecule has 1 saturated heterocycles. The van der Waals surface area contributed by atoms with Gasteiger partial charge in [-0.2, -0.15) is 0 Å². The maximum absolute atomic E-state index is 12.3. The highest BCUT2D eigenvalue weighted by molar-refractivity contribution is 6.35. The number of hydrogen-bond acceptors (Lipinski definition) is 4. The molecule has 1 fully saturated rings. The van der Waals surface area contributed by atoms with Gasteiger partial charge >= 0.3 is 0 Å². The van der Waals surface area contributed by atoms with E-state index in [1.807, 2.05) is 0 Å². The average molecular weight is 379 g/mol. The second-order valence-corrected chi connectivity index (χ2v) is 7.00. The molecule has 1 amide bonds. The Balaban J connectivity index is 1.72. The summed E-state index contributed by atoms with van der Waals surface area (Å²) in [5.41, 5.74) is 0.778. The van der Waals surface area contributed by atoms with Gasteiger partial charge in [0.2, 0.25) is 0 Å². The van der Waals surface area contributed by atoms with E-state index in [1.165, 1.54) is 19.0 Å². The zero-order valence-electron chi connectivity index (χ0n) is 14.0. The van der Waals surface area contributed by atoms with Crippen molar-refractivity contribution in [2.24, 2.45) is 0 Å². The number of amides is 1. The monoisotopic (exact) mass is 378 g/mol. The number of aromatic nitrogens is 2. The van der Waals surface area contributed by atoms with Crippen LogP contribution in [-0.4, -0.2) is 28.5 Å². The molecule has 0 spiro atoms. The van der Waals surface area contributed by atoms with Gasteiger partial charge in [0.1, 0.15) is 11.5 Å². The Hall–Kier alpha value is -1.85. The molecule has 1 aromatic carbocycles. The lowest BCUT2D eigenvalue weighted by Gasteiger charge is -2.35. The van der Waals surface area contributed by atoms with E-state index in [2.05, 4.69) is 27.1 Å². The maximum Gasteiger partial charge on any atom is 0.275 e. The summed E-state index contributed by atoms with van der Waals surface area (Å²) in [5.74, 6) is 0.483. The molecule has 7 heteroatoms. The summed E-state index contributed by atoms with van der Waals surface area (Å²) >= 11 is 11.9. The minimum absolute atomic E-state index is 0.255.